The van der Waals surface area contributed by atoms with E-state index in [1.807, 2.05) is 31.2 Å². The Balaban J connectivity index is 1.20. The summed E-state index contributed by atoms with van der Waals surface area (Å²) in [5.41, 5.74) is 4.72. The van der Waals surface area contributed by atoms with Crippen LogP contribution in [0.4, 0.5) is 4.79 Å². The molecule has 1 saturated carbocycles. The SMILES string of the molecule is CC(CCNC(=O)OCC1c2ccccc2-c2ccccc21)CC(=O)N(CCC(=O)O)C1CC1. The van der Waals surface area contributed by atoms with Crippen molar-refractivity contribution < 1.29 is 24.2 Å². The number of carbonyl (C=O) groups excluding carboxylic acids is 2. The predicted molar refractivity (Wildman–Crippen MR) is 128 cm³/mol. The fourth-order valence-electron chi connectivity index (χ4n) is 4.70. The van der Waals surface area contributed by atoms with E-state index in [9.17, 15) is 14.4 Å². The van der Waals surface area contributed by atoms with Crippen LogP contribution in [0.1, 0.15) is 56.1 Å². The van der Waals surface area contributed by atoms with Crippen molar-refractivity contribution in [1.82, 2.24) is 10.2 Å². The maximum absolute atomic E-state index is 12.6. The van der Waals surface area contributed by atoms with Crippen LogP contribution in [-0.2, 0) is 14.3 Å². The maximum Gasteiger partial charge on any atom is 0.407 e. The first-order chi connectivity index (χ1) is 16.4. The first-order valence-corrected chi connectivity index (χ1v) is 12.0. The summed E-state index contributed by atoms with van der Waals surface area (Å²) in [7, 11) is 0. The zero-order valence-corrected chi connectivity index (χ0v) is 19.5. The van der Waals surface area contributed by atoms with E-state index in [1.54, 1.807) is 4.90 Å². The maximum atomic E-state index is 12.6. The quantitative estimate of drug-likeness (QED) is 0.514. The highest BCUT2D eigenvalue weighted by molar-refractivity contribution is 5.79. The molecule has 180 valence electrons. The molecule has 0 bridgehead atoms. The van der Waals surface area contributed by atoms with Crippen molar-refractivity contribution >= 4 is 18.0 Å². The monoisotopic (exact) mass is 464 g/mol. The Morgan fingerprint density at radius 3 is 2.26 bits per heavy atom. The Labute approximate surface area is 200 Å². The van der Waals surface area contributed by atoms with Crippen LogP contribution in [0.3, 0.4) is 0 Å². The largest absolute Gasteiger partial charge is 0.481 e. The molecule has 1 fully saturated rings. The number of nitrogens with zero attached hydrogens (tertiary/aromatic N) is 1. The van der Waals surface area contributed by atoms with Gasteiger partial charge in [-0.2, -0.15) is 0 Å². The van der Waals surface area contributed by atoms with E-state index >= 15 is 0 Å². The number of ether oxygens (including phenoxy) is 1. The Morgan fingerprint density at radius 1 is 1.06 bits per heavy atom. The van der Waals surface area contributed by atoms with Crippen LogP contribution in [0.15, 0.2) is 48.5 Å². The van der Waals surface area contributed by atoms with Gasteiger partial charge >= 0.3 is 12.1 Å². The molecule has 0 heterocycles. The number of amides is 2. The third-order valence-electron chi connectivity index (χ3n) is 6.65. The summed E-state index contributed by atoms with van der Waals surface area (Å²) < 4.78 is 5.55. The topological polar surface area (TPSA) is 95.9 Å². The molecule has 2 amide bonds. The number of aliphatic carboxylic acids is 1. The minimum atomic E-state index is -0.890. The molecule has 7 heteroatoms. The number of hydrogen-bond donors (Lipinski definition) is 2. The van der Waals surface area contributed by atoms with Crippen molar-refractivity contribution in [2.24, 2.45) is 5.92 Å². The highest BCUT2D eigenvalue weighted by Gasteiger charge is 2.33. The lowest BCUT2D eigenvalue weighted by molar-refractivity contribution is -0.139. The van der Waals surface area contributed by atoms with E-state index in [0.29, 0.717) is 19.4 Å². The molecule has 34 heavy (non-hydrogen) atoms. The molecule has 1 unspecified atom stereocenters. The van der Waals surface area contributed by atoms with Gasteiger partial charge in [-0.15, -0.1) is 0 Å². The number of carboxylic acids is 1. The van der Waals surface area contributed by atoms with Crippen LogP contribution in [-0.4, -0.2) is 53.7 Å². The Kier molecular flexibility index (Phi) is 7.50. The van der Waals surface area contributed by atoms with Gasteiger partial charge in [0.2, 0.25) is 5.91 Å². The number of alkyl carbamates (subject to hydrolysis) is 1. The number of carboxylic acid groups (broad SMARTS) is 1. The molecule has 4 rings (SSSR count). The van der Waals surface area contributed by atoms with Gasteiger partial charge in [0.05, 0.1) is 6.42 Å². The third kappa shape index (κ3) is 5.76. The summed E-state index contributed by atoms with van der Waals surface area (Å²) in [5, 5.41) is 11.7. The van der Waals surface area contributed by atoms with E-state index in [0.717, 1.165) is 12.8 Å². The second-order valence-electron chi connectivity index (χ2n) is 9.31. The Morgan fingerprint density at radius 2 is 1.68 bits per heavy atom. The zero-order chi connectivity index (χ0) is 24.1. The van der Waals surface area contributed by atoms with Gasteiger partial charge in [-0.1, -0.05) is 55.5 Å². The van der Waals surface area contributed by atoms with Crippen molar-refractivity contribution in [1.29, 1.82) is 0 Å². The van der Waals surface area contributed by atoms with E-state index in [2.05, 4.69) is 29.6 Å². The number of hydrogen-bond acceptors (Lipinski definition) is 4. The van der Waals surface area contributed by atoms with Crippen LogP contribution in [0.25, 0.3) is 11.1 Å². The standard InChI is InChI=1S/C27H32N2O5/c1-18(16-25(30)29(19-10-11-19)15-13-26(31)32)12-14-28-27(33)34-17-24-22-8-4-2-6-20(22)21-7-3-5-9-23(21)24/h2-9,18-19,24H,10-17H2,1H3,(H,28,33)(H,31,32). The van der Waals surface area contributed by atoms with Gasteiger partial charge in [-0.3, -0.25) is 9.59 Å². The van der Waals surface area contributed by atoms with Crippen LogP contribution in [0.5, 0.6) is 0 Å². The van der Waals surface area contributed by atoms with Crippen molar-refractivity contribution in [3.63, 3.8) is 0 Å². The first kappa shape index (κ1) is 23.8. The van der Waals surface area contributed by atoms with E-state index in [1.165, 1.54) is 22.3 Å². The lowest BCUT2D eigenvalue weighted by Gasteiger charge is -2.23. The van der Waals surface area contributed by atoms with Crippen molar-refractivity contribution in [2.45, 2.75) is 51.0 Å². The summed E-state index contributed by atoms with van der Waals surface area (Å²) in [6.07, 6.45) is 2.41. The van der Waals surface area contributed by atoms with Gasteiger partial charge in [0.15, 0.2) is 0 Å². The molecular formula is C27H32N2O5. The first-order valence-electron chi connectivity index (χ1n) is 12.0. The average molecular weight is 465 g/mol. The molecule has 0 saturated heterocycles. The van der Waals surface area contributed by atoms with Gasteiger partial charge in [0.1, 0.15) is 6.61 Å². The Bertz CT molecular complexity index is 1000. The number of rotatable bonds is 11. The molecular weight excluding hydrogens is 432 g/mol. The van der Waals surface area contributed by atoms with Crippen molar-refractivity contribution in [3.05, 3.63) is 59.7 Å². The number of fused-ring (bicyclic) bond motifs is 3. The average Bonchev–Trinajstić information content (AvgIpc) is 3.60. The molecule has 7 nitrogen and oxygen atoms in total. The third-order valence-corrected chi connectivity index (χ3v) is 6.65. The van der Waals surface area contributed by atoms with Crippen molar-refractivity contribution in [2.75, 3.05) is 19.7 Å². The second-order valence-corrected chi connectivity index (χ2v) is 9.31. The molecule has 2 aliphatic carbocycles. The zero-order valence-electron chi connectivity index (χ0n) is 19.5. The van der Waals surface area contributed by atoms with Gasteiger partial charge in [-0.25, -0.2) is 4.79 Å². The number of carbonyl (C=O) groups is 3. The van der Waals surface area contributed by atoms with Crippen molar-refractivity contribution in [3.8, 4) is 11.1 Å². The van der Waals surface area contributed by atoms with Crippen LogP contribution in [0, 0.1) is 5.92 Å². The fraction of sp³-hybridized carbons (Fsp3) is 0.444. The second kappa shape index (κ2) is 10.7. The van der Waals surface area contributed by atoms with Gasteiger partial charge in [0, 0.05) is 31.5 Å². The highest BCUT2D eigenvalue weighted by Crippen LogP contribution is 2.44. The molecule has 2 N–H and O–H groups in total. The molecule has 2 aliphatic rings. The normalized spacial score (nSPS) is 15.2. The smallest absolute Gasteiger partial charge is 0.407 e. The molecule has 2 aromatic rings. The summed E-state index contributed by atoms with van der Waals surface area (Å²) >= 11 is 0. The molecule has 1 atom stereocenters. The number of benzene rings is 2. The lowest BCUT2D eigenvalue weighted by atomic mass is 9.98. The molecule has 0 aromatic heterocycles. The molecule has 0 aliphatic heterocycles. The molecule has 0 spiro atoms. The lowest BCUT2D eigenvalue weighted by Crippen LogP contribution is -2.36. The summed E-state index contributed by atoms with van der Waals surface area (Å²) in [6.45, 7) is 2.93. The summed E-state index contributed by atoms with van der Waals surface area (Å²) in [4.78, 5) is 37.5. The van der Waals surface area contributed by atoms with Crippen LogP contribution < -0.4 is 5.32 Å². The van der Waals surface area contributed by atoms with Gasteiger partial charge in [0.25, 0.3) is 0 Å². The van der Waals surface area contributed by atoms with Gasteiger partial charge in [-0.05, 0) is 47.4 Å². The van der Waals surface area contributed by atoms with Crippen LogP contribution >= 0.6 is 0 Å². The Hall–Kier alpha value is -3.35. The summed E-state index contributed by atoms with van der Waals surface area (Å²) in [6, 6.07) is 16.6. The van der Waals surface area contributed by atoms with Crippen LogP contribution in [0.2, 0.25) is 0 Å². The van der Waals surface area contributed by atoms with E-state index in [-0.39, 0.29) is 43.4 Å². The highest BCUT2D eigenvalue weighted by atomic mass is 16.5. The fourth-order valence-corrected chi connectivity index (χ4v) is 4.70. The van der Waals surface area contributed by atoms with Gasteiger partial charge < -0.3 is 20.1 Å². The van der Waals surface area contributed by atoms with E-state index in [4.69, 9.17) is 9.84 Å². The predicted octanol–water partition coefficient (Wildman–Crippen LogP) is 4.41. The minimum Gasteiger partial charge on any atom is -0.481 e. The molecule has 2 aromatic carbocycles. The minimum absolute atomic E-state index is 0.00242. The number of nitrogens with one attached hydrogen (secondary N) is 1. The molecule has 0 radical (unpaired) electrons. The van der Waals surface area contributed by atoms with E-state index < -0.39 is 12.1 Å². The summed E-state index contributed by atoms with van der Waals surface area (Å²) in [5.74, 6) is -0.794.